The molecule has 2 aromatic heterocycles. The van der Waals surface area contributed by atoms with Crippen molar-refractivity contribution in [2.45, 2.75) is 0 Å². The molecule has 236 valence electrons. The average Bonchev–Trinajstić information content (AvgIpc) is 3.58. The maximum absolute atomic E-state index is 6.60. The van der Waals surface area contributed by atoms with E-state index in [9.17, 15) is 0 Å². The summed E-state index contributed by atoms with van der Waals surface area (Å²) in [5.41, 5.74) is 9.71. The molecule has 0 aliphatic carbocycles. The van der Waals surface area contributed by atoms with Gasteiger partial charge in [-0.15, -0.1) is 0 Å². The van der Waals surface area contributed by atoms with Gasteiger partial charge in [0.05, 0.1) is 11.2 Å². The van der Waals surface area contributed by atoms with Crippen molar-refractivity contribution in [3.63, 3.8) is 0 Å². The molecule has 0 unspecified atom stereocenters. The normalized spacial score (nSPS) is 11.9. The van der Waals surface area contributed by atoms with Crippen molar-refractivity contribution in [2.75, 3.05) is 0 Å². The van der Waals surface area contributed by atoms with Gasteiger partial charge in [0.1, 0.15) is 11.2 Å². The fourth-order valence-corrected chi connectivity index (χ4v) is 8.43. The topological polar surface area (TPSA) is 26.0 Å². The van der Waals surface area contributed by atoms with Gasteiger partial charge in [-0.05, 0) is 78.8 Å². The van der Waals surface area contributed by atoms with E-state index >= 15 is 0 Å². The molecule has 9 aromatic carbocycles. The summed E-state index contributed by atoms with van der Waals surface area (Å²) in [4.78, 5) is 5.33. The lowest BCUT2D eigenvalue weighted by molar-refractivity contribution is 0.673. The molecular weight excluding hydrogens is 619 g/mol. The van der Waals surface area contributed by atoms with Crippen molar-refractivity contribution in [3.05, 3.63) is 176 Å². The van der Waals surface area contributed by atoms with Gasteiger partial charge < -0.3 is 4.42 Å². The fraction of sp³-hybridized carbons (Fsp3) is 0. The van der Waals surface area contributed by atoms with Crippen LogP contribution in [-0.4, -0.2) is 4.98 Å². The summed E-state index contributed by atoms with van der Waals surface area (Å²) in [7, 11) is 0. The first-order chi connectivity index (χ1) is 25.3. The van der Waals surface area contributed by atoms with Crippen LogP contribution in [0.4, 0.5) is 0 Å². The van der Waals surface area contributed by atoms with E-state index in [1.807, 2.05) is 6.07 Å². The van der Waals surface area contributed by atoms with Crippen molar-refractivity contribution in [3.8, 4) is 33.5 Å². The Kier molecular flexibility index (Phi) is 5.99. The molecule has 0 aliphatic heterocycles. The molecule has 2 heteroatoms. The molecule has 0 radical (unpaired) electrons. The zero-order chi connectivity index (χ0) is 33.5. The van der Waals surface area contributed by atoms with Gasteiger partial charge in [-0.2, -0.15) is 0 Å². The second-order valence-corrected chi connectivity index (χ2v) is 13.4. The van der Waals surface area contributed by atoms with E-state index < -0.39 is 0 Å². The van der Waals surface area contributed by atoms with Gasteiger partial charge in [-0.3, -0.25) is 0 Å². The highest BCUT2D eigenvalue weighted by Crippen LogP contribution is 2.46. The Bertz CT molecular complexity index is 3140. The molecule has 0 saturated carbocycles. The van der Waals surface area contributed by atoms with Gasteiger partial charge in [-0.25, -0.2) is 4.98 Å². The molecule has 0 aliphatic rings. The Morgan fingerprint density at radius 1 is 0.373 bits per heavy atom. The summed E-state index contributed by atoms with van der Waals surface area (Å²) < 4.78 is 6.60. The average molecular weight is 648 g/mol. The lowest BCUT2D eigenvalue weighted by atomic mass is 9.84. The Labute approximate surface area is 293 Å². The molecule has 0 atom stereocenters. The zero-order valence-electron chi connectivity index (χ0n) is 27.6. The van der Waals surface area contributed by atoms with Crippen LogP contribution in [0.25, 0.3) is 109 Å². The molecule has 51 heavy (non-hydrogen) atoms. The largest absolute Gasteiger partial charge is 0.455 e. The third kappa shape index (κ3) is 4.14. The first kappa shape index (κ1) is 28.1. The van der Waals surface area contributed by atoms with Crippen molar-refractivity contribution in [2.24, 2.45) is 0 Å². The van der Waals surface area contributed by atoms with Crippen LogP contribution < -0.4 is 0 Å². The number of rotatable bonds is 3. The number of aromatic nitrogens is 1. The van der Waals surface area contributed by atoms with E-state index in [2.05, 4.69) is 170 Å². The van der Waals surface area contributed by atoms with Crippen LogP contribution in [-0.2, 0) is 0 Å². The smallest absolute Gasteiger partial charge is 0.144 e. The zero-order valence-corrected chi connectivity index (χ0v) is 27.6. The highest BCUT2D eigenvalue weighted by atomic mass is 16.3. The Balaban J connectivity index is 1.20. The molecule has 11 aromatic rings. The monoisotopic (exact) mass is 647 g/mol. The minimum Gasteiger partial charge on any atom is -0.455 e. The predicted octanol–water partition coefficient (Wildman–Crippen LogP) is 13.7. The first-order valence-corrected chi connectivity index (χ1v) is 17.5. The van der Waals surface area contributed by atoms with Gasteiger partial charge in [0.25, 0.3) is 0 Å². The standard InChI is InChI=1S/C49H29NO/c1-2-17-33-30(13-1)14-12-24-35(33)46-38-21-5-3-19-36(38)45(37-20-4-6-22-39(37)46)31-15-11-16-32(29-31)48-42-28-27-40-34-18-8-10-26-44(34)51-49(40)47(42)41-23-7-9-25-43(41)50-48/h1-29H. The Morgan fingerprint density at radius 2 is 0.941 bits per heavy atom. The quantitative estimate of drug-likeness (QED) is 0.141. The van der Waals surface area contributed by atoms with Gasteiger partial charge in [0, 0.05) is 32.5 Å². The van der Waals surface area contributed by atoms with Gasteiger partial charge in [-0.1, -0.05) is 152 Å². The summed E-state index contributed by atoms with van der Waals surface area (Å²) in [6.07, 6.45) is 0. The SMILES string of the molecule is c1cc(-c2c3ccccc3c(-c3cccc4ccccc34)c3ccccc23)cc(-c2nc3ccccc3c3c2ccc2c4ccccc4oc23)c1. The first-order valence-electron chi connectivity index (χ1n) is 17.5. The molecule has 0 amide bonds. The third-order valence-electron chi connectivity index (χ3n) is 10.6. The van der Waals surface area contributed by atoms with E-state index in [4.69, 9.17) is 9.40 Å². The summed E-state index contributed by atoms with van der Waals surface area (Å²) in [5.74, 6) is 0. The summed E-state index contributed by atoms with van der Waals surface area (Å²) in [6.45, 7) is 0. The van der Waals surface area contributed by atoms with Crippen molar-refractivity contribution >= 4 is 75.9 Å². The minimum atomic E-state index is 0.898. The predicted molar refractivity (Wildman–Crippen MR) is 215 cm³/mol. The molecule has 0 saturated heterocycles. The number of para-hydroxylation sites is 2. The molecule has 11 rings (SSSR count). The molecule has 0 spiro atoms. The van der Waals surface area contributed by atoms with Crippen LogP contribution >= 0.6 is 0 Å². The van der Waals surface area contributed by atoms with Crippen LogP contribution in [0.1, 0.15) is 0 Å². The maximum atomic E-state index is 6.60. The second-order valence-electron chi connectivity index (χ2n) is 13.4. The minimum absolute atomic E-state index is 0.898. The fourth-order valence-electron chi connectivity index (χ4n) is 8.43. The Hall–Kier alpha value is -6.77. The van der Waals surface area contributed by atoms with E-state index in [-0.39, 0.29) is 0 Å². The molecule has 0 fully saturated rings. The van der Waals surface area contributed by atoms with Gasteiger partial charge in [0.15, 0.2) is 0 Å². The van der Waals surface area contributed by atoms with Crippen LogP contribution in [0.2, 0.25) is 0 Å². The maximum Gasteiger partial charge on any atom is 0.144 e. The summed E-state index contributed by atoms with van der Waals surface area (Å²) in [5, 5.41) is 13.0. The molecule has 2 heterocycles. The van der Waals surface area contributed by atoms with Crippen LogP contribution in [0.5, 0.6) is 0 Å². The van der Waals surface area contributed by atoms with Crippen LogP contribution in [0, 0.1) is 0 Å². The molecule has 0 bridgehead atoms. The number of hydrogen-bond acceptors (Lipinski definition) is 2. The van der Waals surface area contributed by atoms with Gasteiger partial charge in [0.2, 0.25) is 0 Å². The van der Waals surface area contributed by atoms with Crippen molar-refractivity contribution < 1.29 is 4.42 Å². The highest BCUT2D eigenvalue weighted by Gasteiger charge is 2.20. The van der Waals surface area contributed by atoms with Crippen LogP contribution in [0.15, 0.2) is 180 Å². The van der Waals surface area contributed by atoms with E-state index in [0.29, 0.717) is 0 Å². The highest BCUT2D eigenvalue weighted by molar-refractivity contribution is 6.26. The number of nitrogens with zero attached hydrogens (tertiary/aromatic N) is 1. The number of furan rings is 1. The van der Waals surface area contributed by atoms with E-state index in [1.165, 1.54) is 49.0 Å². The van der Waals surface area contributed by atoms with E-state index in [0.717, 1.165) is 60.4 Å². The van der Waals surface area contributed by atoms with Gasteiger partial charge >= 0.3 is 0 Å². The van der Waals surface area contributed by atoms with Crippen molar-refractivity contribution in [1.82, 2.24) is 4.98 Å². The number of hydrogen-bond donors (Lipinski definition) is 0. The number of pyridine rings is 1. The molecule has 0 N–H and O–H groups in total. The summed E-state index contributed by atoms with van der Waals surface area (Å²) in [6, 6.07) is 63.2. The third-order valence-corrected chi connectivity index (χ3v) is 10.6. The lowest BCUT2D eigenvalue weighted by Gasteiger charge is -2.19. The van der Waals surface area contributed by atoms with Crippen molar-refractivity contribution in [1.29, 1.82) is 0 Å². The number of fused-ring (bicyclic) bond motifs is 10. The molecular formula is C49H29NO. The van der Waals surface area contributed by atoms with Crippen LogP contribution in [0.3, 0.4) is 0 Å². The number of benzene rings is 9. The molecule has 2 nitrogen and oxygen atoms in total. The summed E-state index contributed by atoms with van der Waals surface area (Å²) >= 11 is 0. The Morgan fingerprint density at radius 3 is 1.73 bits per heavy atom. The lowest BCUT2D eigenvalue weighted by Crippen LogP contribution is -1.93. The van der Waals surface area contributed by atoms with E-state index in [1.54, 1.807) is 0 Å². The second kappa shape index (κ2) is 10.9.